The molecule has 2 N–H and O–H groups in total. The molecule has 0 unspecified atom stereocenters. The molecule has 28 heavy (non-hydrogen) atoms. The summed E-state index contributed by atoms with van der Waals surface area (Å²) in [6, 6.07) is 8.65. The van der Waals surface area contributed by atoms with E-state index >= 15 is 0 Å². The molecule has 8 heteroatoms. The van der Waals surface area contributed by atoms with E-state index in [2.05, 4.69) is 10.6 Å². The average Bonchev–Trinajstić information content (AvgIpc) is 2.66. The van der Waals surface area contributed by atoms with Gasteiger partial charge in [-0.05, 0) is 68.9 Å². The fourth-order valence-electron chi connectivity index (χ4n) is 2.53. The van der Waals surface area contributed by atoms with E-state index in [0.717, 1.165) is 11.3 Å². The number of hydrogen-bond acceptors (Lipinski definition) is 5. The zero-order valence-corrected chi connectivity index (χ0v) is 17.8. The number of ether oxygens (including phenoxy) is 3. The molecule has 0 heterocycles. The highest BCUT2D eigenvalue weighted by Crippen LogP contribution is 2.37. The van der Waals surface area contributed by atoms with Gasteiger partial charge in [0.25, 0.3) is 0 Å². The first-order chi connectivity index (χ1) is 13.4. The zero-order valence-electron chi connectivity index (χ0n) is 16.2. The molecule has 0 radical (unpaired) electrons. The highest BCUT2D eigenvalue weighted by atomic mass is 35.5. The highest BCUT2D eigenvalue weighted by Gasteiger charge is 2.18. The van der Waals surface area contributed by atoms with Crippen molar-refractivity contribution in [3.63, 3.8) is 0 Å². The topological polar surface area (TPSA) is 68.8 Å². The quantitative estimate of drug-likeness (QED) is 0.478. The summed E-state index contributed by atoms with van der Waals surface area (Å²) in [5.74, 6) is 0.411. The number of carbonyl (C=O) groups excluding carboxylic acids is 1. The Morgan fingerprint density at radius 2 is 1.75 bits per heavy atom. The molecule has 0 aromatic heterocycles. The van der Waals surface area contributed by atoms with Crippen molar-refractivity contribution in [1.29, 1.82) is 0 Å². The minimum Gasteiger partial charge on any atom is -0.490 e. The number of aryl methyl sites for hydroxylation is 1. The van der Waals surface area contributed by atoms with Gasteiger partial charge in [0.05, 0.1) is 31.6 Å². The minimum absolute atomic E-state index is 0.322. The number of methoxy groups -OCH3 is 1. The lowest BCUT2D eigenvalue weighted by molar-refractivity contribution is 0.0600. The highest BCUT2D eigenvalue weighted by molar-refractivity contribution is 7.80. The van der Waals surface area contributed by atoms with Crippen molar-refractivity contribution in [2.75, 3.05) is 31.0 Å². The molecule has 0 spiro atoms. The van der Waals surface area contributed by atoms with Crippen LogP contribution in [0.25, 0.3) is 0 Å². The van der Waals surface area contributed by atoms with Gasteiger partial charge in [-0.1, -0.05) is 11.6 Å². The number of nitrogens with one attached hydrogen (secondary N) is 2. The molecule has 2 rings (SSSR count). The van der Waals surface area contributed by atoms with E-state index < -0.39 is 5.97 Å². The second-order valence-corrected chi connectivity index (χ2v) is 6.59. The molecule has 150 valence electrons. The van der Waals surface area contributed by atoms with Crippen molar-refractivity contribution in [2.45, 2.75) is 20.8 Å². The van der Waals surface area contributed by atoms with Crippen LogP contribution in [0.5, 0.6) is 11.5 Å². The minimum atomic E-state index is -0.487. The molecule has 6 nitrogen and oxygen atoms in total. The van der Waals surface area contributed by atoms with Gasteiger partial charge in [0, 0.05) is 10.7 Å². The van der Waals surface area contributed by atoms with E-state index in [1.165, 1.54) is 7.11 Å². The molecular weight excluding hydrogens is 400 g/mol. The maximum Gasteiger partial charge on any atom is 0.338 e. The van der Waals surface area contributed by atoms with Crippen molar-refractivity contribution < 1.29 is 19.0 Å². The summed E-state index contributed by atoms with van der Waals surface area (Å²) in [6.07, 6.45) is 0. The Bertz CT molecular complexity index is 874. The van der Waals surface area contributed by atoms with Gasteiger partial charge < -0.3 is 24.8 Å². The Morgan fingerprint density at radius 3 is 2.36 bits per heavy atom. The zero-order chi connectivity index (χ0) is 20.7. The van der Waals surface area contributed by atoms with Crippen LogP contribution in [0.4, 0.5) is 11.4 Å². The molecule has 0 saturated heterocycles. The Hall–Kier alpha value is -2.51. The maximum absolute atomic E-state index is 12.0. The normalized spacial score (nSPS) is 10.2. The molecule has 2 aromatic rings. The summed E-state index contributed by atoms with van der Waals surface area (Å²) in [7, 11) is 1.32. The van der Waals surface area contributed by atoms with E-state index in [9.17, 15) is 4.79 Å². The van der Waals surface area contributed by atoms with E-state index in [4.69, 9.17) is 38.0 Å². The van der Waals surface area contributed by atoms with Crippen molar-refractivity contribution in [1.82, 2.24) is 0 Å². The Morgan fingerprint density at radius 1 is 1.07 bits per heavy atom. The van der Waals surface area contributed by atoms with Crippen LogP contribution in [-0.2, 0) is 4.74 Å². The van der Waals surface area contributed by atoms with Gasteiger partial charge in [0.15, 0.2) is 16.6 Å². The van der Waals surface area contributed by atoms with Gasteiger partial charge in [0.1, 0.15) is 0 Å². The third-order valence-corrected chi connectivity index (χ3v) is 4.19. The molecule has 2 aromatic carbocycles. The fourth-order valence-corrected chi connectivity index (χ4v) is 2.98. The number of esters is 1. The molecule has 0 aliphatic heterocycles. The molecule has 0 fully saturated rings. The third-order valence-electron chi connectivity index (χ3n) is 3.75. The maximum atomic E-state index is 12.0. The van der Waals surface area contributed by atoms with Crippen LogP contribution in [0.15, 0.2) is 30.3 Å². The summed E-state index contributed by atoms with van der Waals surface area (Å²) in [5.41, 5.74) is 2.58. The van der Waals surface area contributed by atoms with Crippen LogP contribution < -0.4 is 20.1 Å². The molecule has 0 aliphatic rings. The Labute approximate surface area is 175 Å². The van der Waals surface area contributed by atoms with E-state index in [1.807, 2.05) is 32.9 Å². The molecule has 0 aliphatic carbocycles. The van der Waals surface area contributed by atoms with Crippen LogP contribution in [0, 0.1) is 6.92 Å². The smallest absolute Gasteiger partial charge is 0.338 e. The fraction of sp³-hybridized carbons (Fsp3) is 0.300. The van der Waals surface area contributed by atoms with Gasteiger partial charge in [-0.2, -0.15) is 0 Å². The SMILES string of the molecule is CCOc1cc(C(=O)OC)cc(NC(=S)Nc2ccc(Cl)cc2C)c1OCC. The first-order valence-electron chi connectivity index (χ1n) is 8.75. The first-order valence-corrected chi connectivity index (χ1v) is 9.54. The second-order valence-electron chi connectivity index (χ2n) is 5.75. The lowest BCUT2D eigenvalue weighted by Gasteiger charge is -2.19. The van der Waals surface area contributed by atoms with E-state index in [1.54, 1.807) is 18.2 Å². The number of hydrogen-bond donors (Lipinski definition) is 2. The third kappa shape index (κ3) is 5.50. The number of halogens is 1. The first kappa shape index (κ1) is 21.8. The largest absolute Gasteiger partial charge is 0.490 e. The molecule has 0 atom stereocenters. The summed E-state index contributed by atoms with van der Waals surface area (Å²) in [4.78, 5) is 12.0. The van der Waals surface area contributed by atoms with Crippen LogP contribution in [0.1, 0.15) is 29.8 Å². The van der Waals surface area contributed by atoms with Crippen LogP contribution in [0.2, 0.25) is 5.02 Å². The number of carbonyl (C=O) groups is 1. The van der Waals surface area contributed by atoms with Gasteiger partial charge >= 0.3 is 5.97 Å². The predicted molar refractivity (Wildman–Crippen MR) is 116 cm³/mol. The predicted octanol–water partition coefficient (Wildman–Crippen LogP) is 5.04. The monoisotopic (exact) mass is 422 g/mol. The lowest BCUT2D eigenvalue weighted by Crippen LogP contribution is -2.21. The molecule has 0 amide bonds. The summed E-state index contributed by atoms with van der Waals surface area (Å²) >= 11 is 11.4. The molecule has 0 bridgehead atoms. The number of thiocarbonyl (C=S) groups is 1. The lowest BCUT2D eigenvalue weighted by atomic mass is 10.1. The average molecular weight is 423 g/mol. The van der Waals surface area contributed by atoms with Crippen molar-refractivity contribution in [3.8, 4) is 11.5 Å². The molecule has 0 saturated carbocycles. The van der Waals surface area contributed by atoms with Gasteiger partial charge in [0.2, 0.25) is 0 Å². The van der Waals surface area contributed by atoms with Crippen molar-refractivity contribution in [3.05, 3.63) is 46.5 Å². The number of rotatable bonds is 7. The molecular formula is C20H23ClN2O4S. The van der Waals surface area contributed by atoms with Gasteiger partial charge in [-0.25, -0.2) is 4.79 Å². The van der Waals surface area contributed by atoms with E-state index in [-0.39, 0.29) is 0 Å². The van der Waals surface area contributed by atoms with Gasteiger partial charge in [-0.15, -0.1) is 0 Å². The van der Waals surface area contributed by atoms with E-state index in [0.29, 0.717) is 46.1 Å². The van der Waals surface area contributed by atoms with Gasteiger partial charge in [-0.3, -0.25) is 0 Å². The summed E-state index contributed by atoms with van der Waals surface area (Å²) in [6.45, 7) is 6.47. The van der Waals surface area contributed by atoms with Crippen LogP contribution in [0.3, 0.4) is 0 Å². The summed E-state index contributed by atoms with van der Waals surface area (Å²) < 4.78 is 16.2. The van der Waals surface area contributed by atoms with Crippen molar-refractivity contribution in [2.24, 2.45) is 0 Å². The number of benzene rings is 2. The Balaban J connectivity index is 2.36. The van der Waals surface area contributed by atoms with Crippen molar-refractivity contribution >= 4 is 46.3 Å². The standard InChI is InChI=1S/C20H23ClN2O4S/c1-5-26-17-11-13(19(24)25-4)10-16(18(17)27-6-2)23-20(28)22-15-8-7-14(21)9-12(15)3/h7-11H,5-6H2,1-4H3,(H2,22,23,28). The second kappa shape index (κ2) is 10.1. The Kier molecular flexibility index (Phi) is 7.90. The van der Waals surface area contributed by atoms with Crippen LogP contribution in [-0.4, -0.2) is 31.4 Å². The van der Waals surface area contributed by atoms with Crippen LogP contribution >= 0.6 is 23.8 Å². The number of anilines is 2. The summed E-state index contributed by atoms with van der Waals surface area (Å²) in [5, 5.41) is 7.17.